The van der Waals surface area contributed by atoms with Gasteiger partial charge in [0, 0.05) is 29.7 Å². The average molecular weight is 294 g/mol. The van der Waals surface area contributed by atoms with Crippen LogP contribution in [0, 0.1) is 0 Å². The first-order chi connectivity index (χ1) is 9.19. The highest BCUT2D eigenvalue weighted by Gasteiger charge is 2.19. The molecule has 1 aliphatic heterocycles. The summed E-state index contributed by atoms with van der Waals surface area (Å²) in [5, 5.41) is 12.9. The SMILES string of the molecule is CNc1nc(-c2ccc(O)c(Cl)c2)nc2c1CSC2. The smallest absolute Gasteiger partial charge is 0.161 e. The van der Waals surface area contributed by atoms with Crippen molar-refractivity contribution in [3.8, 4) is 17.1 Å². The lowest BCUT2D eigenvalue weighted by Gasteiger charge is -2.09. The summed E-state index contributed by atoms with van der Waals surface area (Å²) in [7, 11) is 1.86. The van der Waals surface area contributed by atoms with Crippen molar-refractivity contribution in [1.82, 2.24) is 9.97 Å². The number of hydrogen-bond acceptors (Lipinski definition) is 5. The topological polar surface area (TPSA) is 58.0 Å². The molecule has 0 bridgehead atoms. The Balaban J connectivity index is 2.12. The van der Waals surface area contributed by atoms with Gasteiger partial charge >= 0.3 is 0 Å². The van der Waals surface area contributed by atoms with E-state index in [1.807, 2.05) is 18.8 Å². The minimum Gasteiger partial charge on any atom is -0.506 e. The third-order valence-corrected chi connectivity index (χ3v) is 4.29. The van der Waals surface area contributed by atoms with Gasteiger partial charge in [0.1, 0.15) is 11.6 Å². The number of hydrogen-bond donors (Lipinski definition) is 2. The summed E-state index contributed by atoms with van der Waals surface area (Å²) in [6.45, 7) is 0. The van der Waals surface area contributed by atoms with E-state index in [1.54, 1.807) is 18.2 Å². The zero-order valence-corrected chi connectivity index (χ0v) is 11.8. The largest absolute Gasteiger partial charge is 0.506 e. The van der Waals surface area contributed by atoms with Crippen molar-refractivity contribution in [3.05, 3.63) is 34.5 Å². The quantitative estimate of drug-likeness (QED) is 0.890. The van der Waals surface area contributed by atoms with Crippen LogP contribution in [0.5, 0.6) is 5.75 Å². The number of phenols is 1. The van der Waals surface area contributed by atoms with Crippen molar-refractivity contribution in [2.45, 2.75) is 11.5 Å². The maximum absolute atomic E-state index is 9.46. The van der Waals surface area contributed by atoms with Gasteiger partial charge in [0.05, 0.1) is 10.7 Å². The predicted molar refractivity (Wildman–Crippen MR) is 78.7 cm³/mol. The second kappa shape index (κ2) is 4.90. The van der Waals surface area contributed by atoms with Crippen LogP contribution in [-0.2, 0) is 11.5 Å². The van der Waals surface area contributed by atoms with Crippen molar-refractivity contribution in [1.29, 1.82) is 0 Å². The summed E-state index contributed by atoms with van der Waals surface area (Å²) in [6, 6.07) is 5.01. The van der Waals surface area contributed by atoms with E-state index in [4.69, 9.17) is 11.6 Å². The van der Waals surface area contributed by atoms with E-state index in [2.05, 4.69) is 15.3 Å². The van der Waals surface area contributed by atoms with E-state index < -0.39 is 0 Å². The second-order valence-electron chi connectivity index (χ2n) is 4.23. The molecule has 0 radical (unpaired) electrons. The van der Waals surface area contributed by atoms with E-state index in [1.165, 1.54) is 5.56 Å². The molecule has 0 saturated heterocycles. The van der Waals surface area contributed by atoms with Crippen molar-refractivity contribution in [2.75, 3.05) is 12.4 Å². The lowest BCUT2D eigenvalue weighted by atomic mass is 10.1. The molecular weight excluding hydrogens is 282 g/mol. The van der Waals surface area contributed by atoms with Crippen LogP contribution in [0.25, 0.3) is 11.4 Å². The zero-order valence-electron chi connectivity index (χ0n) is 10.3. The molecule has 0 amide bonds. The molecule has 0 unspecified atom stereocenters. The first kappa shape index (κ1) is 12.6. The maximum atomic E-state index is 9.46. The monoisotopic (exact) mass is 293 g/mol. The van der Waals surface area contributed by atoms with Crippen LogP contribution < -0.4 is 5.32 Å². The summed E-state index contributed by atoms with van der Waals surface area (Å²) in [4.78, 5) is 9.12. The number of anilines is 1. The van der Waals surface area contributed by atoms with E-state index in [9.17, 15) is 5.11 Å². The van der Waals surface area contributed by atoms with Gasteiger partial charge in [-0.1, -0.05) is 11.6 Å². The van der Waals surface area contributed by atoms with E-state index >= 15 is 0 Å². The van der Waals surface area contributed by atoms with Crippen molar-refractivity contribution in [2.24, 2.45) is 0 Å². The summed E-state index contributed by atoms with van der Waals surface area (Å²) in [5.41, 5.74) is 3.06. The normalized spacial score (nSPS) is 13.4. The summed E-state index contributed by atoms with van der Waals surface area (Å²) in [6.07, 6.45) is 0. The predicted octanol–water partition coefficient (Wildman–Crippen LogP) is 3.29. The fourth-order valence-electron chi connectivity index (χ4n) is 2.03. The molecule has 0 spiro atoms. The fourth-order valence-corrected chi connectivity index (χ4v) is 3.26. The van der Waals surface area contributed by atoms with Gasteiger partial charge in [-0.3, -0.25) is 0 Å². The molecule has 0 atom stereocenters. The fraction of sp³-hybridized carbons (Fsp3) is 0.231. The molecule has 1 aliphatic rings. The maximum Gasteiger partial charge on any atom is 0.161 e. The van der Waals surface area contributed by atoms with Crippen molar-refractivity contribution < 1.29 is 5.11 Å². The van der Waals surface area contributed by atoms with Crippen LogP contribution >= 0.6 is 23.4 Å². The number of aromatic nitrogens is 2. The third-order valence-electron chi connectivity index (χ3n) is 3.02. The van der Waals surface area contributed by atoms with E-state index in [0.717, 1.165) is 28.6 Å². The lowest BCUT2D eigenvalue weighted by Crippen LogP contribution is -2.03. The Morgan fingerprint density at radius 1 is 1.32 bits per heavy atom. The third kappa shape index (κ3) is 2.24. The number of halogens is 1. The van der Waals surface area contributed by atoms with Crippen LogP contribution in [0.15, 0.2) is 18.2 Å². The molecule has 19 heavy (non-hydrogen) atoms. The van der Waals surface area contributed by atoms with E-state index in [0.29, 0.717) is 10.8 Å². The van der Waals surface area contributed by atoms with Gasteiger partial charge in [-0.2, -0.15) is 11.8 Å². The summed E-state index contributed by atoms with van der Waals surface area (Å²) < 4.78 is 0. The molecule has 6 heteroatoms. The Morgan fingerprint density at radius 3 is 2.89 bits per heavy atom. The molecular formula is C13H12ClN3OS. The zero-order chi connectivity index (χ0) is 13.4. The Labute approximate surface area is 120 Å². The number of nitrogens with zero attached hydrogens (tertiary/aromatic N) is 2. The number of fused-ring (bicyclic) bond motifs is 1. The number of nitrogens with one attached hydrogen (secondary N) is 1. The van der Waals surface area contributed by atoms with Crippen LogP contribution in [0.3, 0.4) is 0 Å². The highest BCUT2D eigenvalue weighted by Crippen LogP contribution is 2.35. The molecule has 1 aromatic heterocycles. The lowest BCUT2D eigenvalue weighted by molar-refractivity contribution is 0.475. The Bertz CT molecular complexity index is 648. The number of aromatic hydroxyl groups is 1. The highest BCUT2D eigenvalue weighted by molar-refractivity contribution is 7.98. The molecule has 0 aliphatic carbocycles. The first-order valence-corrected chi connectivity index (χ1v) is 7.36. The number of phenolic OH excluding ortho intramolecular Hbond substituents is 1. The van der Waals surface area contributed by atoms with Gasteiger partial charge in [0.2, 0.25) is 0 Å². The van der Waals surface area contributed by atoms with Crippen LogP contribution in [0.1, 0.15) is 11.3 Å². The van der Waals surface area contributed by atoms with Gasteiger partial charge in [-0.05, 0) is 18.2 Å². The van der Waals surface area contributed by atoms with Gasteiger partial charge < -0.3 is 10.4 Å². The number of thioether (sulfide) groups is 1. The van der Waals surface area contributed by atoms with Gasteiger partial charge in [0.25, 0.3) is 0 Å². The molecule has 4 nitrogen and oxygen atoms in total. The Hall–Kier alpha value is -1.46. The van der Waals surface area contributed by atoms with Crippen LogP contribution in [0.2, 0.25) is 5.02 Å². The highest BCUT2D eigenvalue weighted by atomic mass is 35.5. The molecule has 0 saturated carbocycles. The first-order valence-electron chi connectivity index (χ1n) is 5.83. The Morgan fingerprint density at radius 2 is 2.16 bits per heavy atom. The van der Waals surface area contributed by atoms with Gasteiger partial charge in [-0.25, -0.2) is 9.97 Å². The van der Waals surface area contributed by atoms with Gasteiger partial charge in [0.15, 0.2) is 5.82 Å². The van der Waals surface area contributed by atoms with E-state index in [-0.39, 0.29) is 5.75 Å². The van der Waals surface area contributed by atoms with Crippen LogP contribution in [-0.4, -0.2) is 22.1 Å². The molecule has 3 rings (SSSR count). The molecule has 0 fully saturated rings. The number of rotatable bonds is 2. The summed E-state index contributed by atoms with van der Waals surface area (Å²) >= 11 is 7.76. The molecule has 1 aromatic carbocycles. The molecule has 2 heterocycles. The minimum absolute atomic E-state index is 0.0657. The minimum atomic E-state index is 0.0657. The summed E-state index contributed by atoms with van der Waals surface area (Å²) in [5.74, 6) is 3.42. The standard InChI is InChI=1S/C13H12ClN3OS/c1-15-13-8-5-19-6-10(8)16-12(17-13)7-2-3-11(18)9(14)4-7/h2-4,18H,5-6H2,1H3,(H,15,16,17). The average Bonchev–Trinajstić information content (AvgIpc) is 2.89. The molecule has 98 valence electrons. The molecule has 2 aromatic rings. The number of benzene rings is 1. The second-order valence-corrected chi connectivity index (χ2v) is 5.62. The molecule has 2 N–H and O–H groups in total. The van der Waals surface area contributed by atoms with Crippen molar-refractivity contribution in [3.63, 3.8) is 0 Å². The van der Waals surface area contributed by atoms with Gasteiger partial charge in [-0.15, -0.1) is 0 Å². The van der Waals surface area contributed by atoms with Crippen LogP contribution in [0.4, 0.5) is 5.82 Å². The van der Waals surface area contributed by atoms with Crippen molar-refractivity contribution >= 4 is 29.2 Å². The Kier molecular flexibility index (Phi) is 3.24.